The van der Waals surface area contributed by atoms with Gasteiger partial charge in [0.2, 0.25) is 0 Å². The van der Waals surface area contributed by atoms with Crippen molar-refractivity contribution >= 4 is 35.1 Å². The van der Waals surface area contributed by atoms with E-state index in [0.29, 0.717) is 16.7 Å². The summed E-state index contributed by atoms with van der Waals surface area (Å²) in [6.45, 7) is 4.08. The van der Waals surface area contributed by atoms with Gasteiger partial charge in [-0.2, -0.15) is 0 Å². The van der Waals surface area contributed by atoms with Crippen LogP contribution < -0.4 is 5.32 Å². The monoisotopic (exact) mass is 330 g/mol. The van der Waals surface area contributed by atoms with E-state index in [1.165, 1.54) is 0 Å². The molecule has 7 heteroatoms. The van der Waals surface area contributed by atoms with Crippen molar-refractivity contribution in [1.29, 1.82) is 0 Å². The molecule has 1 aromatic carbocycles. The van der Waals surface area contributed by atoms with Gasteiger partial charge in [0.1, 0.15) is 5.54 Å². The van der Waals surface area contributed by atoms with E-state index < -0.39 is 11.6 Å². The van der Waals surface area contributed by atoms with E-state index in [9.17, 15) is 9.59 Å². The zero-order valence-corrected chi connectivity index (χ0v) is 13.3. The number of nitrogens with zero attached hydrogens (tertiary/aromatic N) is 1. The highest BCUT2D eigenvalue weighted by atomic mass is 35.5. The zero-order chi connectivity index (χ0) is 15.6. The van der Waals surface area contributed by atoms with E-state index >= 15 is 0 Å². The third-order valence-electron chi connectivity index (χ3n) is 3.18. The number of amides is 3. The van der Waals surface area contributed by atoms with Crippen molar-refractivity contribution in [2.75, 3.05) is 13.2 Å². The van der Waals surface area contributed by atoms with Gasteiger partial charge in [-0.1, -0.05) is 29.3 Å². The van der Waals surface area contributed by atoms with Crippen LogP contribution in [0.15, 0.2) is 18.2 Å². The number of hydrogen-bond acceptors (Lipinski definition) is 3. The fraction of sp³-hybridized carbons (Fsp3) is 0.429. The molecule has 1 aromatic rings. The Morgan fingerprint density at radius 1 is 1.29 bits per heavy atom. The molecule has 1 N–H and O–H groups in total. The lowest BCUT2D eigenvalue weighted by molar-refractivity contribution is -0.130. The predicted molar refractivity (Wildman–Crippen MR) is 80.4 cm³/mol. The summed E-state index contributed by atoms with van der Waals surface area (Å²) < 4.78 is 5.47. The highest BCUT2D eigenvalue weighted by molar-refractivity contribution is 6.35. The van der Waals surface area contributed by atoms with Crippen molar-refractivity contribution in [3.63, 3.8) is 0 Å². The topological polar surface area (TPSA) is 58.6 Å². The van der Waals surface area contributed by atoms with Gasteiger partial charge in [0.05, 0.1) is 19.8 Å². The number of hydrogen-bond donors (Lipinski definition) is 1. The Bertz CT molecular complexity index is 575. The minimum absolute atomic E-state index is 0.208. The maximum atomic E-state index is 11.9. The van der Waals surface area contributed by atoms with Crippen molar-refractivity contribution in [2.45, 2.75) is 26.0 Å². The third kappa shape index (κ3) is 3.67. The van der Waals surface area contributed by atoms with Crippen LogP contribution in [-0.4, -0.2) is 35.5 Å². The summed E-state index contributed by atoms with van der Waals surface area (Å²) in [5.41, 5.74) is -0.0464. The fourth-order valence-electron chi connectivity index (χ4n) is 2.00. The van der Waals surface area contributed by atoms with Gasteiger partial charge in [-0.3, -0.25) is 9.69 Å². The van der Waals surface area contributed by atoms with E-state index in [4.69, 9.17) is 27.9 Å². The van der Waals surface area contributed by atoms with Gasteiger partial charge in [0.25, 0.3) is 5.91 Å². The quantitative estimate of drug-likeness (QED) is 0.667. The lowest BCUT2D eigenvalue weighted by atomic mass is 10.1. The molecule has 1 aliphatic rings. The predicted octanol–water partition coefficient (Wildman–Crippen LogP) is 2.84. The molecule has 21 heavy (non-hydrogen) atoms. The Hall–Kier alpha value is -1.30. The van der Waals surface area contributed by atoms with Crippen LogP contribution in [0.25, 0.3) is 0 Å². The van der Waals surface area contributed by atoms with Gasteiger partial charge >= 0.3 is 6.03 Å². The van der Waals surface area contributed by atoms with Crippen LogP contribution in [0, 0.1) is 0 Å². The van der Waals surface area contributed by atoms with Crippen molar-refractivity contribution in [3.8, 4) is 0 Å². The minimum atomic E-state index is -0.851. The van der Waals surface area contributed by atoms with Crippen molar-refractivity contribution in [1.82, 2.24) is 10.2 Å². The van der Waals surface area contributed by atoms with Gasteiger partial charge in [-0.25, -0.2) is 4.79 Å². The number of benzene rings is 1. The lowest BCUT2D eigenvalue weighted by Gasteiger charge is -2.16. The molecule has 0 aromatic heterocycles. The van der Waals surface area contributed by atoms with E-state index in [-0.39, 0.29) is 19.1 Å². The molecular formula is C14H16Cl2N2O3. The summed E-state index contributed by atoms with van der Waals surface area (Å²) in [7, 11) is 0. The second-order valence-corrected chi connectivity index (χ2v) is 6.14. The average molecular weight is 331 g/mol. The van der Waals surface area contributed by atoms with E-state index in [1.54, 1.807) is 32.0 Å². The average Bonchev–Trinajstić information content (AvgIpc) is 2.58. The first-order chi connectivity index (χ1) is 9.81. The van der Waals surface area contributed by atoms with Gasteiger partial charge < -0.3 is 10.1 Å². The third-order valence-corrected chi connectivity index (χ3v) is 3.76. The van der Waals surface area contributed by atoms with Crippen molar-refractivity contribution < 1.29 is 14.3 Å². The first-order valence-electron chi connectivity index (χ1n) is 6.47. The van der Waals surface area contributed by atoms with Crippen LogP contribution in [0.2, 0.25) is 10.0 Å². The number of halogens is 2. The van der Waals surface area contributed by atoms with E-state index in [2.05, 4.69) is 5.32 Å². The van der Waals surface area contributed by atoms with Crippen LogP contribution in [0.5, 0.6) is 0 Å². The number of urea groups is 1. The lowest BCUT2D eigenvalue weighted by Crippen LogP contribution is -2.40. The largest absolute Gasteiger partial charge is 0.375 e. The molecule has 5 nitrogen and oxygen atoms in total. The second kappa shape index (κ2) is 6.22. The highest BCUT2D eigenvalue weighted by Crippen LogP contribution is 2.21. The maximum absolute atomic E-state index is 11.9. The number of ether oxygens (including phenoxy) is 1. The first kappa shape index (κ1) is 16.1. The van der Waals surface area contributed by atoms with Gasteiger partial charge in [-0.15, -0.1) is 0 Å². The molecule has 1 fully saturated rings. The Balaban J connectivity index is 1.83. The molecule has 2 rings (SSSR count). The molecule has 1 saturated heterocycles. The molecular weight excluding hydrogens is 315 g/mol. The number of nitrogens with one attached hydrogen (secondary N) is 1. The normalized spacial score (nSPS) is 17.2. The fourth-order valence-corrected chi connectivity index (χ4v) is 2.46. The number of carbonyl (C=O) groups is 2. The number of rotatable bonds is 5. The molecule has 3 amide bonds. The molecule has 0 unspecified atom stereocenters. The maximum Gasteiger partial charge on any atom is 0.325 e. The van der Waals surface area contributed by atoms with Gasteiger partial charge in [0.15, 0.2) is 0 Å². The molecule has 1 aliphatic heterocycles. The molecule has 0 bridgehead atoms. The Kier molecular flexibility index (Phi) is 4.76. The van der Waals surface area contributed by atoms with E-state index in [0.717, 1.165) is 10.5 Å². The molecule has 0 atom stereocenters. The summed E-state index contributed by atoms with van der Waals surface area (Å²) >= 11 is 11.8. The molecule has 0 spiro atoms. The highest BCUT2D eigenvalue weighted by Gasteiger charge is 2.43. The Morgan fingerprint density at radius 2 is 2.00 bits per heavy atom. The Labute approximate surface area is 133 Å². The first-order valence-corrected chi connectivity index (χ1v) is 7.22. The Morgan fingerprint density at radius 3 is 2.57 bits per heavy atom. The SMILES string of the molecule is CC1(C)NC(=O)N(CCOCc2ccc(Cl)cc2Cl)C1=O. The molecule has 0 saturated carbocycles. The molecule has 1 heterocycles. The smallest absolute Gasteiger partial charge is 0.325 e. The minimum Gasteiger partial charge on any atom is -0.375 e. The summed E-state index contributed by atoms with van der Waals surface area (Å²) in [6.07, 6.45) is 0. The van der Waals surface area contributed by atoms with Crippen LogP contribution in [0.1, 0.15) is 19.4 Å². The van der Waals surface area contributed by atoms with Crippen molar-refractivity contribution in [2.24, 2.45) is 0 Å². The van der Waals surface area contributed by atoms with E-state index in [1.807, 2.05) is 0 Å². The van der Waals surface area contributed by atoms with Crippen LogP contribution in [0.3, 0.4) is 0 Å². The van der Waals surface area contributed by atoms with Crippen LogP contribution in [-0.2, 0) is 16.1 Å². The standard InChI is InChI=1S/C14H16Cl2N2O3/c1-14(2)12(19)18(13(20)17-14)5-6-21-8-9-3-4-10(15)7-11(9)16/h3-4,7H,5-6,8H2,1-2H3,(H,17,20). The zero-order valence-electron chi connectivity index (χ0n) is 11.8. The van der Waals surface area contributed by atoms with Gasteiger partial charge in [0, 0.05) is 10.0 Å². The van der Waals surface area contributed by atoms with Crippen molar-refractivity contribution in [3.05, 3.63) is 33.8 Å². The summed E-state index contributed by atoms with van der Waals surface area (Å²) in [6, 6.07) is 4.76. The molecule has 114 valence electrons. The number of imide groups is 1. The molecule has 0 aliphatic carbocycles. The summed E-state index contributed by atoms with van der Waals surface area (Å²) in [5.74, 6) is -0.249. The summed E-state index contributed by atoms with van der Waals surface area (Å²) in [4.78, 5) is 24.8. The second-order valence-electron chi connectivity index (χ2n) is 5.30. The summed E-state index contributed by atoms with van der Waals surface area (Å²) in [5, 5.41) is 3.70. The van der Waals surface area contributed by atoms with Crippen LogP contribution >= 0.6 is 23.2 Å². The number of carbonyl (C=O) groups excluding carboxylic acids is 2. The van der Waals surface area contributed by atoms with Gasteiger partial charge in [-0.05, 0) is 31.5 Å². The molecule has 0 radical (unpaired) electrons. The van der Waals surface area contributed by atoms with Crippen LogP contribution in [0.4, 0.5) is 4.79 Å².